The Labute approximate surface area is 292 Å². The fourth-order valence-electron chi connectivity index (χ4n) is 7.58. The van der Waals surface area contributed by atoms with Crippen molar-refractivity contribution in [3.63, 3.8) is 0 Å². The summed E-state index contributed by atoms with van der Waals surface area (Å²) in [5.41, 5.74) is 14.7. The lowest BCUT2D eigenvalue weighted by molar-refractivity contribution is 1.05. The molecule has 0 aliphatic rings. The van der Waals surface area contributed by atoms with Gasteiger partial charge in [0.2, 0.25) is 0 Å². The highest BCUT2D eigenvalue weighted by Gasteiger charge is 2.15. The molecule has 0 amide bonds. The van der Waals surface area contributed by atoms with Crippen molar-refractivity contribution in [1.29, 1.82) is 0 Å². The first-order chi connectivity index (χ1) is 24.7. The third kappa shape index (κ3) is 5.23. The molecule has 0 aliphatic carbocycles. The Balaban J connectivity index is 1.09. The van der Waals surface area contributed by atoms with Crippen LogP contribution in [0.15, 0.2) is 182 Å². The van der Waals surface area contributed by atoms with Gasteiger partial charge in [0, 0.05) is 38.8 Å². The Morgan fingerprint density at radius 2 is 0.940 bits per heavy atom. The Hall–Kier alpha value is -6.38. The SMILES string of the molecule is Cc1c(/C=C\Cc2ccc3c4ccccc4n(-c4cccc(-c5ccccc5)c4)c3c2)c2ccccc2n1-c1cccc(-c2ccccc2)c1. The average molecular weight is 641 g/mol. The molecule has 0 unspecified atom stereocenters. The fraction of sp³-hybridized carbons (Fsp3) is 0.0417. The van der Waals surface area contributed by atoms with Gasteiger partial charge < -0.3 is 9.13 Å². The number of aromatic nitrogens is 2. The minimum atomic E-state index is 0.837. The van der Waals surface area contributed by atoms with Gasteiger partial charge in [-0.2, -0.15) is 0 Å². The molecule has 7 aromatic carbocycles. The number of allylic oxidation sites excluding steroid dienone is 1. The summed E-state index contributed by atoms with van der Waals surface area (Å²) in [6.07, 6.45) is 5.48. The van der Waals surface area contributed by atoms with E-state index in [2.05, 4.69) is 204 Å². The Bertz CT molecular complexity index is 2670. The van der Waals surface area contributed by atoms with Crippen LogP contribution in [-0.4, -0.2) is 9.13 Å². The van der Waals surface area contributed by atoms with Crippen LogP contribution in [0, 0.1) is 6.92 Å². The topological polar surface area (TPSA) is 9.86 Å². The molecule has 0 N–H and O–H groups in total. The third-order valence-electron chi connectivity index (χ3n) is 9.96. The normalized spacial score (nSPS) is 11.7. The maximum atomic E-state index is 2.42. The molecule has 0 fully saturated rings. The number of rotatable bonds is 7. The van der Waals surface area contributed by atoms with Crippen LogP contribution < -0.4 is 0 Å². The predicted octanol–water partition coefficient (Wildman–Crippen LogP) is 12.6. The quantitative estimate of drug-likeness (QED) is 0.164. The smallest absolute Gasteiger partial charge is 0.0543 e. The van der Waals surface area contributed by atoms with Gasteiger partial charge >= 0.3 is 0 Å². The first-order valence-corrected chi connectivity index (χ1v) is 17.3. The maximum absolute atomic E-state index is 2.42. The summed E-state index contributed by atoms with van der Waals surface area (Å²) >= 11 is 0. The van der Waals surface area contributed by atoms with E-state index >= 15 is 0 Å². The van der Waals surface area contributed by atoms with Gasteiger partial charge in [0.05, 0.1) is 16.6 Å². The van der Waals surface area contributed by atoms with E-state index in [1.54, 1.807) is 0 Å². The molecular formula is C48H36N2. The van der Waals surface area contributed by atoms with Gasteiger partial charge in [-0.05, 0) is 83.6 Å². The summed E-state index contributed by atoms with van der Waals surface area (Å²) in [5, 5.41) is 3.81. The van der Waals surface area contributed by atoms with Gasteiger partial charge in [0.1, 0.15) is 0 Å². The van der Waals surface area contributed by atoms with Gasteiger partial charge in [0.15, 0.2) is 0 Å². The molecule has 2 nitrogen and oxygen atoms in total. The number of benzene rings is 7. The summed E-state index contributed by atoms with van der Waals surface area (Å²) in [6, 6.07) is 63.5. The van der Waals surface area contributed by atoms with Crippen LogP contribution in [0.25, 0.3) is 72.4 Å². The molecular weight excluding hydrogens is 605 g/mol. The summed E-state index contributed by atoms with van der Waals surface area (Å²) < 4.78 is 4.82. The second kappa shape index (κ2) is 12.6. The molecule has 0 aliphatic heterocycles. The largest absolute Gasteiger partial charge is 0.313 e. The minimum absolute atomic E-state index is 0.837. The first-order valence-electron chi connectivity index (χ1n) is 17.3. The van der Waals surface area contributed by atoms with Crippen LogP contribution in [0.5, 0.6) is 0 Å². The number of fused-ring (bicyclic) bond motifs is 4. The fourth-order valence-corrected chi connectivity index (χ4v) is 7.58. The van der Waals surface area contributed by atoms with Crippen molar-refractivity contribution < 1.29 is 0 Å². The van der Waals surface area contributed by atoms with Crippen molar-refractivity contribution in [2.24, 2.45) is 0 Å². The van der Waals surface area contributed by atoms with E-state index in [9.17, 15) is 0 Å². The van der Waals surface area contributed by atoms with Gasteiger partial charge in [-0.1, -0.05) is 146 Å². The molecule has 2 aromatic heterocycles. The number of para-hydroxylation sites is 2. The van der Waals surface area contributed by atoms with Crippen LogP contribution in [0.1, 0.15) is 16.8 Å². The Kier molecular flexibility index (Phi) is 7.48. The Morgan fingerprint density at radius 3 is 1.60 bits per heavy atom. The summed E-state index contributed by atoms with van der Waals surface area (Å²) in [4.78, 5) is 0. The molecule has 2 heteroatoms. The van der Waals surface area contributed by atoms with Crippen LogP contribution in [0.2, 0.25) is 0 Å². The van der Waals surface area contributed by atoms with Crippen molar-refractivity contribution in [1.82, 2.24) is 9.13 Å². The molecule has 9 aromatic rings. The highest BCUT2D eigenvalue weighted by Crippen LogP contribution is 2.35. The highest BCUT2D eigenvalue weighted by atomic mass is 15.0. The van der Waals surface area contributed by atoms with Crippen molar-refractivity contribution in [2.45, 2.75) is 13.3 Å². The van der Waals surface area contributed by atoms with Crippen LogP contribution in [0.3, 0.4) is 0 Å². The third-order valence-corrected chi connectivity index (χ3v) is 9.96. The molecule has 0 saturated heterocycles. The molecule has 238 valence electrons. The molecule has 0 spiro atoms. The number of nitrogens with zero attached hydrogens (tertiary/aromatic N) is 2. The predicted molar refractivity (Wildman–Crippen MR) is 212 cm³/mol. The lowest BCUT2D eigenvalue weighted by Crippen LogP contribution is -1.97. The minimum Gasteiger partial charge on any atom is -0.313 e. The lowest BCUT2D eigenvalue weighted by atomic mass is 10.0. The van der Waals surface area contributed by atoms with Gasteiger partial charge in [-0.3, -0.25) is 0 Å². The van der Waals surface area contributed by atoms with E-state index in [-0.39, 0.29) is 0 Å². The standard InChI is InChI=1S/C48H36N2/c1-34-42(43-24-8-10-27-46(43)49(34)40-22-13-20-38(32-40)36-16-4-2-5-17-36)26-12-15-35-29-30-45-44-25-9-11-28-47(44)50(48(45)31-35)41-23-14-21-39(33-41)37-18-6-3-7-19-37/h2-14,16-33H,15H2,1H3/b26-12-. The number of hydrogen-bond donors (Lipinski definition) is 0. The zero-order valence-corrected chi connectivity index (χ0v) is 28.0. The number of hydrogen-bond acceptors (Lipinski definition) is 0. The van der Waals surface area contributed by atoms with Crippen LogP contribution in [0.4, 0.5) is 0 Å². The zero-order chi connectivity index (χ0) is 33.4. The van der Waals surface area contributed by atoms with E-state index < -0.39 is 0 Å². The first kappa shape index (κ1) is 29.7. The molecule has 50 heavy (non-hydrogen) atoms. The molecule has 0 atom stereocenters. The van der Waals surface area contributed by atoms with E-state index in [1.807, 2.05) is 0 Å². The second-order valence-electron chi connectivity index (χ2n) is 13.0. The van der Waals surface area contributed by atoms with Crippen molar-refractivity contribution in [2.75, 3.05) is 0 Å². The van der Waals surface area contributed by atoms with Crippen molar-refractivity contribution in [3.05, 3.63) is 199 Å². The Morgan fingerprint density at radius 1 is 0.420 bits per heavy atom. The van der Waals surface area contributed by atoms with Gasteiger partial charge in [-0.25, -0.2) is 0 Å². The van der Waals surface area contributed by atoms with Crippen LogP contribution in [-0.2, 0) is 6.42 Å². The van der Waals surface area contributed by atoms with E-state index in [0.717, 1.165) is 6.42 Å². The summed E-state index contributed by atoms with van der Waals surface area (Å²) in [7, 11) is 0. The average Bonchev–Trinajstić information content (AvgIpc) is 3.66. The van der Waals surface area contributed by atoms with Gasteiger partial charge in [-0.15, -0.1) is 0 Å². The van der Waals surface area contributed by atoms with E-state index in [1.165, 1.54) is 83.2 Å². The van der Waals surface area contributed by atoms with Gasteiger partial charge in [0.25, 0.3) is 0 Å². The van der Waals surface area contributed by atoms with E-state index in [0.29, 0.717) is 0 Å². The van der Waals surface area contributed by atoms with Crippen molar-refractivity contribution >= 4 is 38.8 Å². The van der Waals surface area contributed by atoms with Crippen molar-refractivity contribution in [3.8, 4) is 33.6 Å². The second-order valence-corrected chi connectivity index (χ2v) is 13.0. The molecule has 0 radical (unpaired) electrons. The lowest BCUT2D eigenvalue weighted by Gasteiger charge is -2.11. The highest BCUT2D eigenvalue weighted by molar-refractivity contribution is 6.09. The van der Waals surface area contributed by atoms with E-state index in [4.69, 9.17) is 0 Å². The monoisotopic (exact) mass is 640 g/mol. The summed E-state index contributed by atoms with van der Waals surface area (Å²) in [6.45, 7) is 2.24. The molecule has 9 rings (SSSR count). The van der Waals surface area contributed by atoms with Crippen LogP contribution >= 0.6 is 0 Å². The molecule has 0 saturated carbocycles. The molecule has 2 heterocycles. The summed E-state index contributed by atoms with van der Waals surface area (Å²) in [5.74, 6) is 0. The maximum Gasteiger partial charge on any atom is 0.0543 e. The molecule has 0 bridgehead atoms. The zero-order valence-electron chi connectivity index (χ0n) is 28.0.